The van der Waals surface area contributed by atoms with E-state index in [0.717, 1.165) is 58.0 Å². The molecule has 139 heavy (non-hydrogen) atoms. The van der Waals surface area contributed by atoms with Gasteiger partial charge >= 0.3 is 23.9 Å². The normalized spacial score (nSPS) is 39.0. The van der Waals surface area contributed by atoms with Gasteiger partial charge in [0.25, 0.3) is 0 Å². The molecule has 5 N–H and O–H groups in total. The number of ether oxygens (including phenoxy) is 5. The van der Waals surface area contributed by atoms with Gasteiger partial charge in [-0.1, -0.05) is 157 Å². The van der Waals surface area contributed by atoms with Gasteiger partial charge in [0.05, 0.1) is 33.5 Å². The number of aromatic nitrogens is 2. The lowest BCUT2D eigenvalue weighted by Crippen LogP contribution is -2.68. The molecule has 0 amide bonds. The van der Waals surface area contributed by atoms with E-state index < -0.39 is 66.4 Å². The van der Waals surface area contributed by atoms with Crippen molar-refractivity contribution >= 4 is 55.2 Å². The predicted molar refractivity (Wildman–Crippen MR) is 544 cm³/mol. The predicted octanol–water partition coefficient (Wildman–Crippen LogP) is 22.3. The summed E-state index contributed by atoms with van der Waals surface area (Å²) in [7, 11) is -6.17. The van der Waals surface area contributed by atoms with E-state index in [9.17, 15) is 61.9 Å². The minimum atomic E-state index is -3.09. The number of aliphatic hydroxyl groups is 2. The molecule has 10 saturated carbocycles. The summed E-state index contributed by atoms with van der Waals surface area (Å²) in [5.74, 6) is 3.27. The van der Waals surface area contributed by atoms with Crippen molar-refractivity contribution in [3.8, 4) is 23.9 Å². The Morgan fingerprint density at radius 1 is 0.496 bits per heavy atom. The Morgan fingerprint density at radius 3 is 1.24 bits per heavy atom. The molecule has 0 unspecified atom stereocenters. The molecule has 16 rings (SSSR count). The number of nitrogens with one attached hydrogen (secondary N) is 2. The smallest absolute Gasteiger partial charge is 0.318 e. The van der Waals surface area contributed by atoms with Gasteiger partial charge in [0.2, 0.25) is 18.6 Å². The fourth-order valence-corrected chi connectivity index (χ4v) is 35.5. The highest BCUT2D eigenvalue weighted by Gasteiger charge is 2.74. The van der Waals surface area contributed by atoms with E-state index in [0.29, 0.717) is 173 Å². The van der Waals surface area contributed by atoms with Gasteiger partial charge in [0, 0.05) is 36.0 Å². The largest absolute Gasteiger partial charge is 0.481 e. The van der Waals surface area contributed by atoms with E-state index in [1.807, 2.05) is 0 Å². The molecule has 0 aliphatic heterocycles. The van der Waals surface area contributed by atoms with Crippen molar-refractivity contribution < 1.29 is 75.0 Å². The number of nitrogens with zero attached hydrogens (tertiary/aromatic N) is 4. The van der Waals surface area contributed by atoms with Gasteiger partial charge in [-0.05, 0) is 394 Å². The number of esters is 3. The Morgan fingerprint density at radius 2 is 0.892 bits per heavy atom. The third-order valence-corrected chi connectivity index (χ3v) is 44.9. The van der Waals surface area contributed by atoms with Crippen molar-refractivity contribution in [2.75, 3.05) is 51.7 Å². The third-order valence-electron chi connectivity index (χ3n) is 41.4. The summed E-state index contributed by atoms with van der Waals surface area (Å²) in [6.07, 6.45) is 45.3. The maximum Gasteiger partial charge on any atom is 0.318 e. The number of sulfone groups is 2. The molecular weight excluding hydrogens is 1810 g/mol. The fourth-order valence-electron chi connectivity index (χ4n) is 33.2. The summed E-state index contributed by atoms with van der Waals surface area (Å²) in [4.78, 5) is 58.0. The number of carbonyl (C=O) groups excluding carboxylic acids is 3. The van der Waals surface area contributed by atoms with Crippen molar-refractivity contribution in [1.29, 1.82) is 10.5 Å². The molecule has 0 spiro atoms. The van der Waals surface area contributed by atoms with E-state index in [1.54, 1.807) is 64.4 Å². The van der Waals surface area contributed by atoms with Gasteiger partial charge in [0.1, 0.15) is 67.0 Å². The SMILES string of the molecule is C=C(C)[C@@H]1CC[C@]2(NCCC3(O)CCC(S(C)(=O)=O)CC3)CC[C@]3(C)[C@H](CC[C@@H]4[C@@]5(C)CC=C(C6=CC[C@@](COc7ncccc7C#N)(C(=O)O)CC6)C(C)(C)[C@@H]5CC[C@]43C)[C@@H]12.C=C(C)[C@@H]1CC[C@]2(NCCC3(O)CCC(S(C)(=O)=O)CC3)CC[C@]3(C)[C@H](CC[C@@H]4[C@@]5(C)CC=C(C6=CC[C@@](COc7ncccc7C#N)(C(=O)OCOC(=O)C(C)C)CC6)C(C)(C)[C@@H]5CC[C@]43C)[C@@H]12.CC(C)C(=O)OCCl. The van der Waals surface area contributed by atoms with Crippen molar-refractivity contribution in [3.05, 3.63) is 119 Å². The number of rotatable bonds is 27. The summed E-state index contributed by atoms with van der Waals surface area (Å²) in [5.41, 5.74) is 5.86. The quantitative estimate of drug-likeness (QED) is 0.0240. The second-order valence-electron chi connectivity index (χ2n) is 49.8. The van der Waals surface area contributed by atoms with Crippen LogP contribution in [0, 0.1) is 148 Å². The number of alkyl halides is 1. The fraction of sp³-hybridized carbons (Fsp3) is 0.754. The molecule has 0 saturated heterocycles. The number of aliphatic carboxylic acids is 1. The Labute approximate surface area is 837 Å². The van der Waals surface area contributed by atoms with Crippen LogP contribution < -0.4 is 20.1 Å². The summed E-state index contributed by atoms with van der Waals surface area (Å²) in [5, 5.41) is 60.7. The van der Waals surface area contributed by atoms with Crippen LogP contribution in [0.1, 0.15) is 340 Å². The van der Waals surface area contributed by atoms with Crippen LogP contribution in [0.15, 0.2) is 108 Å². The van der Waals surface area contributed by atoms with Crippen LogP contribution in [0.3, 0.4) is 0 Å². The molecule has 0 radical (unpaired) electrons. The topological polar surface area (TPSA) is 341 Å². The maximum atomic E-state index is 14.0. The molecule has 0 bridgehead atoms. The lowest BCUT2D eigenvalue weighted by atomic mass is 9.33. The lowest BCUT2D eigenvalue weighted by molar-refractivity contribution is -0.221. The summed E-state index contributed by atoms with van der Waals surface area (Å²) in [6.45, 7) is 47.6. The molecule has 768 valence electrons. The number of carboxylic acid groups (broad SMARTS) is 1. The van der Waals surface area contributed by atoms with Crippen LogP contribution in [-0.2, 0) is 53.1 Å². The lowest BCUT2D eigenvalue weighted by Gasteiger charge is -2.72. The molecule has 2 aromatic rings. The van der Waals surface area contributed by atoms with Crippen molar-refractivity contribution in [2.24, 2.45) is 125 Å². The molecule has 14 aliphatic carbocycles. The Balaban J connectivity index is 0.000000206. The van der Waals surface area contributed by atoms with Gasteiger partial charge in [0.15, 0.2) is 6.07 Å². The van der Waals surface area contributed by atoms with E-state index in [-0.39, 0.29) is 114 Å². The molecule has 14 aliphatic rings. The highest BCUT2D eigenvalue weighted by molar-refractivity contribution is 7.91. The highest BCUT2D eigenvalue weighted by atomic mass is 35.5. The van der Waals surface area contributed by atoms with Gasteiger partial charge in [-0.2, -0.15) is 10.5 Å². The number of allylic oxidation sites excluding steroid dienone is 10. The number of fused-ring (bicyclic) bond motifs is 14. The minimum Gasteiger partial charge on any atom is -0.481 e. The van der Waals surface area contributed by atoms with E-state index in [2.05, 4.69) is 158 Å². The molecule has 0 aromatic carbocycles. The second kappa shape index (κ2) is 40.6. The zero-order valence-corrected chi connectivity index (χ0v) is 89.6. The van der Waals surface area contributed by atoms with Crippen LogP contribution in [0.5, 0.6) is 11.8 Å². The second-order valence-corrected chi connectivity index (χ2v) is 54.6. The van der Waals surface area contributed by atoms with Crippen LogP contribution in [-0.4, -0.2) is 150 Å². The van der Waals surface area contributed by atoms with E-state index in [4.69, 9.17) is 30.5 Å². The van der Waals surface area contributed by atoms with Crippen molar-refractivity contribution in [2.45, 2.75) is 362 Å². The maximum absolute atomic E-state index is 14.0. The van der Waals surface area contributed by atoms with E-state index in [1.165, 1.54) is 117 Å². The van der Waals surface area contributed by atoms with Gasteiger partial charge in [-0.3, -0.25) is 19.2 Å². The molecule has 22 nitrogen and oxygen atoms in total. The minimum absolute atomic E-state index is 0.0214. The number of nitriles is 2. The van der Waals surface area contributed by atoms with Crippen LogP contribution >= 0.6 is 11.6 Å². The number of hydrogen-bond acceptors (Lipinski definition) is 21. The Hall–Kier alpha value is -6.77. The molecule has 25 heteroatoms. The first-order valence-corrected chi connectivity index (χ1v) is 57.3. The number of pyridine rings is 2. The zero-order chi connectivity index (χ0) is 101. The third kappa shape index (κ3) is 20.1. The Kier molecular flexibility index (Phi) is 31.5. The Bertz CT molecular complexity index is 5400. The summed E-state index contributed by atoms with van der Waals surface area (Å²) >= 11 is 5.10. The standard InChI is InChI=1S/C57H83N3O8S.C52H75N3O6S.C5H9ClO2/c1-37(2)42-19-28-57(60-33-31-56(63)26-17-41(18-27-56)69(10,64)65)30-29-53(8)44(47(42)57)13-14-46-52(7)22-20-43(51(5,6)45(52)21-23-54(46,53)9)39-15-24-55(25-16-39,50(62)68-36-67-49(61)38(3)4)35-66-48-40(34-58)12-11-32-59-48;1-34(2)38-17-26-52(55-31-29-51(58)24-15-37(16-25-51)62(8,59)60)28-27-48(6)40(43(38)52)11-12-42-47(5)20-18-39(46(3,4)41(47)19-21-49(42,48)7)35-13-22-50(23-14-35,45(56)57)33-61-44-36(32-53)10-9-30-54-44;1-4(2)5(7)8-3-6/h11-12,15,20,32,38,41-42,44-47,60,63H,1,13-14,16-19,21-31,33,35-36H2,2-10H3;9-10,13,18,30,37-38,40-43,55,58H,1,11-12,14-17,19-29,31,33H2,2-8H3,(H,56,57);4H,3H2,1-2H3/t41?,42-,44+,45-,46+,47+,52-,53+,54+,55+,56?,57-;37?,38-,40+,41-,42+,43+,47-,48+,49+,50+,51?,52-;/m00./s1. The summed E-state index contributed by atoms with van der Waals surface area (Å²) in [6, 6.07) is 10.8. The molecule has 2 aromatic heterocycles. The van der Waals surface area contributed by atoms with Gasteiger partial charge in [-0.25, -0.2) is 26.8 Å². The zero-order valence-electron chi connectivity index (χ0n) is 87.2. The van der Waals surface area contributed by atoms with Crippen molar-refractivity contribution in [1.82, 2.24) is 20.6 Å². The average Bonchev–Trinajstić information content (AvgIpc) is 1.66. The first-order chi connectivity index (χ1) is 65.1. The number of carbonyl (C=O) groups is 4. The first-order valence-electron chi connectivity index (χ1n) is 52.8. The molecular formula is C114H167ClN6O16S2. The molecule has 2 heterocycles. The number of carboxylic acids is 1. The monoisotopic (exact) mass is 1980 g/mol. The summed E-state index contributed by atoms with van der Waals surface area (Å²) < 4.78 is 76.4. The van der Waals surface area contributed by atoms with Crippen LogP contribution in [0.25, 0.3) is 0 Å². The van der Waals surface area contributed by atoms with Crippen molar-refractivity contribution in [3.63, 3.8) is 0 Å². The van der Waals surface area contributed by atoms with Crippen LogP contribution in [0.4, 0.5) is 0 Å². The molecule has 10 fully saturated rings. The van der Waals surface area contributed by atoms with Gasteiger partial charge < -0.3 is 49.6 Å². The van der Waals surface area contributed by atoms with E-state index >= 15 is 0 Å². The first kappa shape index (κ1) is 108. The number of halogens is 1. The number of hydrogen-bond donors (Lipinski definition) is 5. The van der Waals surface area contributed by atoms with Crippen LogP contribution in [0.2, 0.25) is 0 Å². The van der Waals surface area contributed by atoms with Gasteiger partial charge in [-0.15, -0.1) is 0 Å². The average molecular weight is 1980 g/mol. The highest BCUT2D eigenvalue weighted by Crippen LogP contribution is 2.80. The molecule has 20 atom stereocenters.